The van der Waals surface area contributed by atoms with Crippen LogP contribution in [0.4, 0.5) is 18.9 Å². The first-order valence-electron chi connectivity index (χ1n) is 10.6. The molecule has 1 N–H and O–H groups in total. The number of anilines is 1. The Morgan fingerprint density at radius 2 is 1.87 bits per heavy atom. The van der Waals surface area contributed by atoms with Crippen molar-refractivity contribution in [2.45, 2.75) is 38.0 Å². The molecule has 0 aliphatic carbocycles. The first-order chi connectivity index (χ1) is 14.7. The Labute approximate surface area is 179 Å². The predicted molar refractivity (Wildman–Crippen MR) is 108 cm³/mol. The van der Waals surface area contributed by atoms with Crippen LogP contribution in [0.25, 0.3) is 0 Å². The summed E-state index contributed by atoms with van der Waals surface area (Å²) in [5.74, 6) is -0.637. The van der Waals surface area contributed by atoms with E-state index in [2.05, 4.69) is 5.32 Å². The van der Waals surface area contributed by atoms with E-state index in [0.29, 0.717) is 62.4 Å². The van der Waals surface area contributed by atoms with Gasteiger partial charge in [-0.15, -0.1) is 0 Å². The summed E-state index contributed by atoms with van der Waals surface area (Å²) in [6.45, 7) is 4.70. The Hall–Kier alpha value is -2.55. The number of alkyl halides is 3. The minimum atomic E-state index is -4.39. The molecule has 3 heterocycles. The molecule has 0 aromatic heterocycles. The fraction of sp³-hybridized carbons (Fsp3) is 0.545. The molecule has 1 aromatic rings. The van der Waals surface area contributed by atoms with Gasteiger partial charge in [-0.3, -0.25) is 4.79 Å². The summed E-state index contributed by atoms with van der Waals surface area (Å²) in [5, 5.41) is 3.28. The number of carbonyl (C=O) groups is 2. The number of ether oxygens (including phenoxy) is 1. The van der Waals surface area contributed by atoms with E-state index in [4.69, 9.17) is 4.74 Å². The van der Waals surface area contributed by atoms with Crippen molar-refractivity contribution in [3.63, 3.8) is 0 Å². The molecule has 6 nitrogen and oxygen atoms in total. The molecule has 9 heteroatoms. The van der Waals surface area contributed by atoms with Crippen LogP contribution < -0.4 is 10.2 Å². The molecule has 3 aliphatic rings. The molecule has 3 aliphatic heterocycles. The smallest absolute Gasteiger partial charge is 0.416 e. The van der Waals surface area contributed by atoms with Crippen molar-refractivity contribution in [2.24, 2.45) is 0 Å². The van der Waals surface area contributed by atoms with Gasteiger partial charge in [0.2, 0.25) is 0 Å². The van der Waals surface area contributed by atoms with Gasteiger partial charge in [-0.1, -0.05) is 6.07 Å². The monoisotopic (exact) mass is 437 g/mol. The maximum absolute atomic E-state index is 13.4. The Morgan fingerprint density at radius 3 is 2.58 bits per heavy atom. The lowest BCUT2D eigenvalue weighted by atomic mass is 9.84. The number of piperazine rings is 1. The fourth-order valence-electron chi connectivity index (χ4n) is 4.70. The van der Waals surface area contributed by atoms with E-state index in [-0.39, 0.29) is 5.91 Å². The van der Waals surface area contributed by atoms with Gasteiger partial charge >= 0.3 is 12.1 Å². The average Bonchev–Trinajstić information content (AvgIpc) is 2.88. The van der Waals surface area contributed by atoms with Crippen molar-refractivity contribution >= 4 is 17.6 Å². The molecule has 1 aromatic carbocycles. The number of nitrogens with zero attached hydrogens (tertiary/aromatic N) is 2. The highest BCUT2D eigenvalue weighted by atomic mass is 19.4. The number of benzene rings is 1. The molecule has 0 radical (unpaired) electrons. The maximum Gasteiger partial charge on any atom is 0.416 e. The first kappa shape index (κ1) is 21.7. The van der Waals surface area contributed by atoms with Gasteiger partial charge in [-0.05, 0) is 51.1 Å². The zero-order chi connectivity index (χ0) is 22.2. The molecule has 1 spiro atoms. The van der Waals surface area contributed by atoms with Crippen LogP contribution in [0, 0.1) is 0 Å². The SMILES string of the molecule is CC1=C(C(=O)N2CCN(c3cccc(C(F)(F)F)c3)CC2)C2(CCCNCC2)OC1=O. The predicted octanol–water partition coefficient (Wildman–Crippen LogP) is 2.74. The minimum absolute atomic E-state index is 0.200. The van der Waals surface area contributed by atoms with Crippen LogP contribution in [-0.2, 0) is 20.5 Å². The summed E-state index contributed by atoms with van der Waals surface area (Å²) in [7, 11) is 0. The van der Waals surface area contributed by atoms with Gasteiger partial charge in [0, 0.05) is 43.9 Å². The summed E-state index contributed by atoms with van der Waals surface area (Å²) in [4.78, 5) is 29.3. The number of rotatable bonds is 2. The van der Waals surface area contributed by atoms with Crippen LogP contribution in [0.5, 0.6) is 0 Å². The third-order valence-electron chi connectivity index (χ3n) is 6.38. The van der Waals surface area contributed by atoms with Crippen molar-refractivity contribution in [3.05, 3.63) is 41.0 Å². The van der Waals surface area contributed by atoms with Gasteiger partial charge in [-0.25, -0.2) is 4.79 Å². The lowest BCUT2D eigenvalue weighted by Gasteiger charge is -2.38. The van der Waals surface area contributed by atoms with Gasteiger partial charge in [0.1, 0.15) is 5.60 Å². The third-order valence-corrected chi connectivity index (χ3v) is 6.38. The summed E-state index contributed by atoms with van der Waals surface area (Å²) in [6.07, 6.45) is -2.43. The third kappa shape index (κ3) is 4.15. The van der Waals surface area contributed by atoms with E-state index in [0.717, 1.165) is 25.1 Å². The average molecular weight is 437 g/mol. The molecule has 31 heavy (non-hydrogen) atoms. The van der Waals surface area contributed by atoms with Gasteiger partial charge in [-0.2, -0.15) is 13.2 Å². The largest absolute Gasteiger partial charge is 0.451 e. The Morgan fingerprint density at radius 1 is 1.13 bits per heavy atom. The molecule has 4 rings (SSSR count). The van der Waals surface area contributed by atoms with E-state index in [9.17, 15) is 22.8 Å². The van der Waals surface area contributed by atoms with E-state index < -0.39 is 23.3 Å². The Bertz CT molecular complexity index is 897. The molecule has 2 fully saturated rings. The van der Waals surface area contributed by atoms with Gasteiger partial charge in [0.05, 0.1) is 11.1 Å². The van der Waals surface area contributed by atoms with Crippen LogP contribution in [0.3, 0.4) is 0 Å². The van der Waals surface area contributed by atoms with E-state index in [1.165, 1.54) is 6.07 Å². The van der Waals surface area contributed by atoms with Crippen LogP contribution in [0.15, 0.2) is 35.4 Å². The number of esters is 1. The lowest BCUT2D eigenvalue weighted by molar-refractivity contribution is -0.148. The van der Waals surface area contributed by atoms with Crippen LogP contribution in [0.2, 0.25) is 0 Å². The van der Waals surface area contributed by atoms with Crippen molar-refractivity contribution in [1.29, 1.82) is 0 Å². The first-order valence-corrected chi connectivity index (χ1v) is 10.6. The van der Waals surface area contributed by atoms with Crippen molar-refractivity contribution in [3.8, 4) is 0 Å². The highest BCUT2D eigenvalue weighted by molar-refractivity contribution is 6.07. The molecule has 0 saturated carbocycles. The normalized spacial score (nSPS) is 25.1. The van der Waals surface area contributed by atoms with E-state index in [1.807, 2.05) is 4.90 Å². The summed E-state index contributed by atoms with van der Waals surface area (Å²) >= 11 is 0. The summed E-state index contributed by atoms with van der Waals surface area (Å²) in [6, 6.07) is 5.24. The molecule has 168 valence electrons. The van der Waals surface area contributed by atoms with Crippen molar-refractivity contribution < 1.29 is 27.5 Å². The number of hydrogen-bond acceptors (Lipinski definition) is 5. The summed E-state index contributed by atoms with van der Waals surface area (Å²) < 4.78 is 44.8. The number of amides is 1. The second-order valence-electron chi connectivity index (χ2n) is 8.31. The lowest BCUT2D eigenvalue weighted by Crippen LogP contribution is -2.51. The molecular weight excluding hydrogens is 411 g/mol. The zero-order valence-electron chi connectivity index (χ0n) is 17.4. The number of carbonyl (C=O) groups excluding carboxylic acids is 2. The molecule has 1 amide bonds. The molecule has 0 bridgehead atoms. The topological polar surface area (TPSA) is 61.9 Å². The maximum atomic E-state index is 13.4. The van der Waals surface area contributed by atoms with Gasteiger partial charge in [0.25, 0.3) is 5.91 Å². The molecular formula is C22H26F3N3O3. The quantitative estimate of drug-likeness (QED) is 0.721. The van der Waals surface area contributed by atoms with Crippen LogP contribution >= 0.6 is 0 Å². The fourth-order valence-corrected chi connectivity index (χ4v) is 4.70. The van der Waals surface area contributed by atoms with Gasteiger partial charge < -0.3 is 19.9 Å². The second-order valence-corrected chi connectivity index (χ2v) is 8.31. The Balaban J connectivity index is 1.48. The van der Waals surface area contributed by atoms with Crippen molar-refractivity contribution in [1.82, 2.24) is 10.2 Å². The number of hydrogen-bond donors (Lipinski definition) is 1. The van der Waals surface area contributed by atoms with Crippen LogP contribution in [0.1, 0.15) is 31.7 Å². The van der Waals surface area contributed by atoms with E-state index >= 15 is 0 Å². The molecule has 2 saturated heterocycles. The second kappa shape index (κ2) is 8.18. The molecule has 1 atom stereocenters. The number of halogens is 3. The number of nitrogens with one attached hydrogen (secondary N) is 1. The zero-order valence-corrected chi connectivity index (χ0v) is 17.4. The van der Waals surface area contributed by atoms with Gasteiger partial charge in [0.15, 0.2) is 0 Å². The Kier molecular flexibility index (Phi) is 5.72. The minimum Gasteiger partial charge on any atom is -0.451 e. The highest BCUT2D eigenvalue weighted by Gasteiger charge is 2.50. The summed E-state index contributed by atoms with van der Waals surface area (Å²) in [5.41, 5.74) is -0.251. The van der Waals surface area contributed by atoms with E-state index in [1.54, 1.807) is 17.9 Å². The standard InChI is InChI=1S/C22H26F3N3O3/c1-15-18(21(31-20(15)30)6-3-8-26-9-7-21)19(29)28-12-10-27(11-13-28)17-5-2-4-16(14-17)22(23,24)25/h2,4-5,14,26H,3,6-13H2,1H3. The molecule has 1 unspecified atom stereocenters. The van der Waals surface area contributed by atoms with Crippen molar-refractivity contribution in [2.75, 3.05) is 44.2 Å². The highest BCUT2D eigenvalue weighted by Crippen LogP contribution is 2.41. The van der Waals surface area contributed by atoms with Crippen LogP contribution in [-0.4, -0.2) is 61.6 Å².